The number of thioether (sulfide) groups is 1. The van der Waals surface area contributed by atoms with Gasteiger partial charge in [-0.05, 0) is 65.9 Å². The van der Waals surface area contributed by atoms with Crippen LogP contribution in [0.1, 0.15) is 21.5 Å². The van der Waals surface area contributed by atoms with Gasteiger partial charge in [-0.3, -0.25) is 19.3 Å². The van der Waals surface area contributed by atoms with Gasteiger partial charge in [-0.2, -0.15) is 0 Å². The largest absolute Gasteiger partial charge is 0.465 e. The highest BCUT2D eigenvalue weighted by Gasteiger charge is 2.36. The molecule has 8 nitrogen and oxygen atoms in total. The van der Waals surface area contributed by atoms with Gasteiger partial charge in [0.25, 0.3) is 11.1 Å². The summed E-state index contributed by atoms with van der Waals surface area (Å²) in [7, 11) is 1.34. The standard InChI is InChI=1S/C29H22ClN3O5S/c1-38-28(36)19-6-4-5-18(13-19)15-32-16-20(23-7-2-3-8-24(23)32)14-25-27(35)33(29(37)39-25)17-26(34)31-22-11-9-21(30)10-12-22/h2-14,16H,15,17H2,1H3,(H,31,34)/b25-14-. The van der Waals surface area contributed by atoms with Crippen molar-refractivity contribution in [1.29, 1.82) is 0 Å². The number of nitrogens with zero attached hydrogens (tertiary/aromatic N) is 2. The van der Waals surface area contributed by atoms with E-state index < -0.39 is 29.6 Å². The number of ether oxygens (including phenoxy) is 1. The molecule has 196 valence electrons. The predicted octanol–water partition coefficient (Wildman–Crippen LogP) is 5.80. The molecule has 3 aromatic carbocycles. The van der Waals surface area contributed by atoms with Crippen molar-refractivity contribution in [3.8, 4) is 0 Å². The highest BCUT2D eigenvalue weighted by molar-refractivity contribution is 8.18. The third-order valence-corrected chi connectivity index (χ3v) is 7.27. The Kier molecular flexibility index (Phi) is 7.53. The number of hydrogen-bond donors (Lipinski definition) is 1. The molecule has 0 aliphatic carbocycles. The zero-order chi connectivity index (χ0) is 27.5. The smallest absolute Gasteiger partial charge is 0.337 e. The van der Waals surface area contributed by atoms with E-state index in [1.165, 1.54) is 7.11 Å². The number of halogens is 1. The van der Waals surface area contributed by atoms with Crippen LogP contribution in [0.25, 0.3) is 17.0 Å². The van der Waals surface area contributed by atoms with Gasteiger partial charge in [-0.15, -0.1) is 0 Å². The van der Waals surface area contributed by atoms with E-state index in [9.17, 15) is 19.2 Å². The molecule has 0 saturated carbocycles. The lowest BCUT2D eigenvalue weighted by Crippen LogP contribution is -2.36. The van der Waals surface area contributed by atoms with Gasteiger partial charge in [-0.1, -0.05) is 41.9 Å². The molecule has 0 spiro atoms. The lowest BCUT2D eigenvalue weighted by atomic mass is 10.1. The third kappa shape index (κ3) is 5.74. The first-order chi connectivity index (χ1) is 18.8. The lowest BCUT2D eigenvalue weighted by Gasteiger charge is -2.12. The molecule has 10 heteroatoms. The molecule has 4 aromatic rings. The van der Waals surface area contributed by atoms with E-state index in [4.69, 9.17) is 16.3 Å². The van der Waals surface area contributed by atoms with E-state index in [1.54, 1.807) is 48.5 Å². The second kappa shape index (κ2) is 11.2. The van der Waals surface area contributed by atoms with Crippen molar-refractivity contribution in [2.24, 2.45) is 0 Å². The van der Waals surface area contributed by atoms with Crippen LogP contribution < -0.4 is 5.32 Å². The highest BCUT2D eigenvalue weighted by Crippen LogP contribution is 2.34. The maximum absolute atomic E-state index is 13.1. The third-order valence-electron chi connectivity index (χ3n) is 6.11. The fourth-order valence-corrected chi connectivity index (χ4v) is 5.24. The van der Waals surface area contributed by atoms with Gasteiger partial charge < -0.3 is 14.6 Å². The molecule has 1 saturated heterocycles. The van der Waals surface area contributed by atoms with Crippen LogP contribution in [0.3, 0.4) is 0 Å². The van der Waals surface area contributed by atoms with E-state index in [1.807, 2.05) is 41.1 Å². The van der Waals surface area contributed by atoms with Crippen LogP contribution in [0.5, 0.6) is 0 Å². The Hall–Kier alpha value is -4.34. The van der Waals surface area contributed by atoms with Crippen molar-refractivity contribution >= 4 is 69.1 Å². The highest BCUT2D eigenvalue weighted by atomic mass is 35.5. The molecule has 3 amide bonds. The Bertz CT molecular complexity index is 1640. The van der Waals surface area contributed by atoms with Crippen LogP contribution in [-0.4, -0.2) is 46.1 Å². The SMILES string of the molecule is COC(=O)c1cccc(Cn2cc(/C=C3\SC(=O)N(CC(=O)Nc4ccc(Cl)cc4)C3=O)c3ccccc32)c1. The van der Waals surface area contributed by atoms with E-state index >= 15 is 0 Å². The van der Waals surface area contributed by atoms with E-state index in [0.717, 1.165) is 38.7 Å². The minimum atomic E-state index is -0.529. The predicted molar refractivity (Wildman–Crippen MR) is 152 cm³/mol. The molecule has 1 aromatic heterocycles. The number of amides is 3. The van der Waals surface area contributed by atoms with E-state index in [0.29, 0.717) is 22.8 Å². The quantitative estimate of drug-likeness (QED) is 0.227. The number of benzene rings is 3. The Balaban J connectivity index is 1.37. The molecular formula is C29H22ClN3O5S. The number of nitrogens with one attached hydrogen (secondary N) is 1. The second-order valence-corrected chi connectivity index (χ2v) is 10.2. The summed E-state index contributed by atoms with van der Waals surface area (Å²) < 4.78 is 6.84. The van der Waals surface area contributed by atoms with Crippen molar-refractivity contribution in [1.82, 2.24) is 9.47 Å². The number of fused-ring (bicyclic) bond motifs is 1. The van der Waals surface area contributed by atoms with Crippen LogP contribution in [0.2, 0.25) is 5.02 Å². The molecule has 39 heavy (non-hydrogen) atoms. The summed E-state index contributed by atoms with van der Waals surface area (Å²) in [6.07, 6.45) is 3.57. The summed E-state index contributed by atoms with van der Waals surface area (Å²) in [5.41, 5.74) is 3.55. The number of methoxy groups -OCH3 is 1. The number of rotatable bonds is 7. The summed E-state index contributed by atoms with van der Waals surface area (Å²) in [5.74, 6) is -1.43. The van der Waals surface area contributed by atoms with Gasteiger partial charge >= 0.3 is 5.97 Å². The number of imide groups is 1. The van der Waals surface area contributed by atoms with Gasteiger partial charge in [0.15, 0.2) is 0 Å². The maximum atomic E-state index is 13.1. The van der Waals surface area contributed by atoms with Crippen LogP contribution in [-0.2, 0) is 20.9 Å². The first kappa shape index (κ1) is 26.3. The number of esters is 1. The van der Waals surface area contributed by atoms with E-state index in [2.05, 4.69) is 5.32 Å². The summed E-state index contributed by atoms with van der Waals surface area (Å²) in [6, 6.07) is 21.4. The molecule has 0 unspecified atom stereocenters. The Morgan fingerprint density at radius 2 is 1.79 bits per heavy atom. The molecule has 0 radical (unpaired) electrons. The van der Waals surface area contributed by atoms with Crippen molar-refractivity contribution in [3.63, 3.8) is 0 Å². The summed E-state index contributed by atoms with van der Waals surface area (Å²) in [4.78, 5) is 51.3. The second-order valence-electron chi connectivity index (χ2n) is 8.74. The molecule has 1 fully saturated rings. The molecule has 1 aliphatic rings. The number of aromatic nitrogens is 1. The van der Waals surface area contributed by atoms with Gasteiger partial charge in [0.05, 0.1) is 17.6 Å². The zero-order valence-corrected chi connectivity index (χ0v) is 22.3. The topological polar surface area (TPSA) is 97.7 Å². The molecule has 0 bridgehead atoms. The first-order valence-corrected chi connectivity index (χ1v) is 13.1. The summed E-state index contributed by atoms with van der Waals surface area (Å²) >= 11 is 6.67. The molecule has 1 aliphatic heterocycles. The number of hydrogen-bond acceptors (Lipinski definition) is 6. The normalized spacial score (nSPS) is 14.3. The van der Waals surface area contributed by atoms with Crippen molar-refractivity contribution in [3.05, 3.63) is 106 Å². The van der Waals surface area contributed by atoms with Gasteiger partial charge in [-0.25, -0.2) is 4.79 Å². The molecular weight excluding hydrogens is 538 g/mol. The van der Waals surface area contributed by atoms with Crippen LogP contribution in [0, 0.1) is 0 Å². The number of carbonyl (C=O) groups is 4. The lowest BCUT2D eigenvalue weighted by molar-refractivity contribution is -0.127. The van der Waals surface area contributed by atoms with Crippen LogP contribution in [0.15, 0.2) is 83.9 Å². The number of anilines is 1. The Labute approximate surface area is 233 Å². The minimum Gasteiger partial charge on any atom is -0.465 e. The van der Waals surface area contributed by atoms with Crippen molar-refractivity contribution < 1.29 is 23.9 Å². The van der Waals surface area contributed by atoms with Gasteiger partial charge in [0.2, 0.25) is 5.91 Å². The fourth-order valence-electron chi connectivity index (χ4n) is 4.29. The monoisotopic (exact) mass is 559 g/mol. The Morgan fingerprint density at radius 1 is 1.03 bits per heavy atom. The molecule has 2 heterocycles. The maximum Gasteiger partial charge on any atom is 0.337 e. The van der Waals surface area contributed by atoms with Crippen molar-refractivity contribution in [2.75, 3.05) is 19.0 Å². The fraction of sp³-hybridized carbons (Fsp3) is 0.103. The van der Waals surface area contributed by atoms with Crippen LogP contribution >= 0.6 is 23.4 Å². The average Bonchev–Trinajstić information content (AvgIpc) is 3.41. The minimum absolute atomic E-state index is 0.231. The van der Waals surface area contributed by atoms with Crippen molar-refractivity contribution in [2.45, 2.75) is 6.54 Å². The average molecular weight is 560 g/mol. The molecule has 0 atom stereocenters. The van der Waals surface area contributed by atoms with Gasteiger partial charge in [0.1, 0.15) is 6.54 Å². The zero-order valence-electron chi connectivity index (χ0n) is 20.7. The van der Waals surface area contributed by atoms with Gasteiger partial charge in [0, 0.05) is 39.9 Å². The summed E-state index contributed by atoms with van der Waals surface area (Å²) in [6.45, 7) is 0.0778. The summed E-state index contributed by atoms with van der Waals surface area (Å²) in [5, 5.41) is 3.57. The molecule has 1 N–H and O–H groups in total. The number of carbonyl (C=O) groups excluding carboxylic acids is 4. The van der Waals surface area contributed by atoms with Crippen LogP contribution in [0.4, 0.5) is 10.5 Å². The number of para-hydroxylation sites is 1. The first-order valence-electron chi connectivity index (χ1n) is 11.9. The molecule has 5 rings (SSSR count). The Morgan fingerprint density at radius 3 is 2.56 bits per heavy atom. The van der Waals surface area contributed by atoms with E-state index in [-0.39, 0.29) is 4.91 Å².